The molecule has 1 heteroatoms. The minimum atomic E-state index is 0.925. The van der Waals surface area contributed by atoms with Crippen LogP contribution in [0.3, 0.4) is 0 Å². The van der Waals surface area contributed by atoms with E-state index >= 15 is 0 Å². The van der Waals surface area contributed by atoms with Gasteiger partial charge in [0.1, 0.15) is 11.2 Å². The molecule has 0 saturated carbocycles. The standard InChI is InChI=1S/C42H24O/c1-2-8-29-23-38-35-20-19-31(33-10-5-11-34(41(33)35)37(38)22-28(29)7-1)27-14-12-25(13-15-27)30-17-21-40-39(24-30)36-18-16-26-6-3-4-9-32(26)42(36)43-40/h1-24H. The zero-order valence-corrected chi connectivity index (χ0v) is 23.3. The molecular formula is C42H24O. The second-order valence-electron chi connectivity index (χ2n) is 11.7. The Hall–Kier alpha value is -5.66. The van der Waals surface area contributed by atoms with Crippen molar-refractivity contribution in [2.75, 3.05) is 0 Å². The van der Waals surface area contributed by atoms with Crippen LogP contribution in [0.1, 0.15) is 0 Å². The summed E-state index contributed by atoms with van der Waals surface area (Å²) in [6.07, 6.45) is 0. The minimum absolute atomic E-state index is 0.925. The molecule has 0 radical (unpaired) electrons. The van der Waals surface area contributed by atoms with E-state index < -0.39 is 0 Å². The predicted molar refractivity (Wildman–Crippen MR) is 182 cm³/mol. The van der Waals surface area contributed by atoms with Crippen LogP contribution in [0.5, 0.6) is 0 Å². The number of benzene rings is 8. The summed E-state index contributed by atoms with van der Waals surface area (Å²) >= 11 is 0. The van der Waals surface area contributed by atoms with Crippen molar-refractivity contribution in [2.45, 2.75) is 0 Å². The summed E-state index contributed by atoms with van der Waals surface area (Å²) in [6, 6.07) is 53.1. The van der Waals surface area contributed by atoms with Crippen LogP contribution in [-0.2, 0) is 0 Å². The predicted octanol–water partition coefficient (Wildman–Crippen LogP) is 12.0. The Bertz CT molecular complexity index is 2550. The average Bonchev–Trinajstić information content (AvgIpc) is 3.60. The molecule has 0 atom stereocenters. The van der Waals surface area contributed by atoms with Gasteiger partial charge in [-0.05, 0) is 102 Å². The molecule has 1 aliphatic carbocycles. The third-order valence-electron chi connectivity index (χ3n) is 9.40. The molecule has 198 valence electrons. The van der Waals surface area contributed by atoms with E-state index in [2.05, 4.69) is 146 Å². The molecule has 10 rings (SSSR count). The van der Waals surface area contributed by atoms with E-state index in [9.17, 15) is 0 Å². The zero-order chi connectivity index (χ0) is 28.1. The van der Waals surface area contributed by atoms with Gasteiger partial charge in [0.2, 0.25) is 0 Å². The van der Waals surface area contributed by atoms with Gasteiger partial charge in [-0.15, -0.1) is 0 Å². The third-order valence-corrected chi connectivity index (χ3v) is 9.40. The SMILES string of the molecule is c1ccc2cc3c(cc2c1)-c1cccc2c(-c4ccc(-c5ccc6oc7c8ccccc8ccc7c6c5)cc4)ccc-3c12. The molecule has 0 amide bonds. The minimum Gasteiger partial charge on any atom is -0.455 e. The number of rotatable bonds is 2. The van der Waals surface area contributed by atoms with Gasteiger partial charge in [-0.2, -0.15) is 0 Å². The topological polar surface area (TPSA) is 13.1 Å². The Morgan fingerprint density at radius 2 is 0.977 bits per heavy atom. The summed E-state index contributed by atoms with van der Waals surface area (Å²) in [5, 5.41) is 9.92. The fraction of sp³-hybridized carbons (Fsp3) is 0. The highest BCUT2D eigenvalue weighted by Crippen LogP contribution is 2.50. The third kappa shape index (κ3) is 3.22. The molecule has 1 aromatic heterocycles. The molecule has 0 fully saturated rings. The fourth-order valence-corrected chi connectivity index (χ4v) is 7.32. The van der Waals surface area contributed by atoms with E-state index in [4.69, 9.17) is 4.42 Å². The zero-order valence-electron chi connectivity index (χ0n) is 23.3. The van der Waals surface area contributed by atoms with Crippen molar-refractivity contribution in [1.29, 1.82) is 0 Å². The quantitative estimate of drug-likeness (QED) is 0.211. The molecule has 8 aromatic carbocycles. The van der Waals surface area contributed by atoms with Crippen LogP contribution >= 0.6 is 0 Å². The van der Waals surface area contributed by atoms with Crippen molar-refractivity contribution >= 4 is 54.3 Å². The summed E-state index contributed by atoms with van der Waals surface area (Å²) in [5.41, 5.74) is 12.1. The Balaban J connectivity index is 1.08. The summed E-state index contributed by atoms with van der Waals surface area (Å²) in [5.74, 6) is 0. The lowest BCUT2D eigenvalue weighted by molar-refractivity contribution is 0.672. The van der Waals surface area contributed by atoms with Gasteiger partial charge in [0.05, 0.1) is 0 Å². The number of hydrogen-bond acceptors (Lipinski definition) is 1. The van der Waals surface area contributed by atoms with Gasteiger partial charge in [-0.25, -0.2) is 0 Å². The number of fused-ring (bicyclic) bond motifs is 9. The van der Waals surface area contributed by atoms with Gasteiger partial charge in [-0.1, -0.05) is 115 Å². The van der Waals surface area contributed by atoms with Crippen molar-refractivity contribution < 1.29 is 4.42 Å². The highest BCUT2D eigenvalue weighted by atomic mass is 16.3. The van der Waals surface area contributed by atoms with Crippen LogP contribution in [0.25, 0.3) is 98.8 Å². The molecule has 0 unspecified atom stereocenters. The van der Waals surface area contributed by atoms with Crippen LogP contribution in [-0.4, -0.2) is 0 Å². The van der Waals surface area contributed by atoms with E-state index in [1.54, 1.807) is 0 Å². The van der Waals surface area contributed by atoms with E-state index in [0.717, 1.165) is 27.3 Å². The summed E-state index contributed by atoms with van der Waals surface area (Å²) in [4.78, 5) is 0. The monoisotopic (exact) mass is 544 g/mol. The average molecular weight is 545 g/mol. The molecule has 0 spiro atoms. The number of hydrogen-bond donors (Lipinski definition) is 0. The van der Waals surface area contributed by atoms with E-state index in [1.807, 2.05) is 0 Å². The molecule has 9 aromatic rings. The second kappa shape index (κ2) is 8.44. The van der Waals surface area contributed by atoms with Gasteiger partial charge in [0.25, 0.3) is 0 Å². The maximum absolute atomic E-state index is 6.34. The lowest BCUT2D eigenvalue weighted by Gasteiger charge is -2.11. The molecule has 1 aliphatic rings. The maximum Gasteiger partial charge on any atom is 0.143 e. The highest BCUT2D eigenvalue weighted by Gasteiger charge is 2.23. The highest BCUT2D eigenvalue weighted by molar-refractivity contribution is 6.20. The van der Waals surface area contributed by atoms with Crippen molar-refractivity contribution in [3.63, 3.8) is 0 Å². The first-order valence-electron chi connectivity index (χ1n) is 14.8. The lowest BCUT2D eigenvalue weighted by atomic mass is 9.93. The van der Waals surface area contributed by atoms with Crippen LogP contribution in [0.15, 0.2) is 150 Å². The van der Waals surface area contributed by atoms with Gasteiger partial charge in [0, 0.05) is 16.2 Å². The van der Waals surface area contributed by atoms with Crippen molar-refractivity contribution in [1.82, 2.24) is 0 Å². The Morgan fingerprint density at radius 1 is 0.326 bits per heavy atom. The number of furan rings is 1. The smallest absolute Gasteiger partial charge is 0.143 e. The molecular weight excluding hydrogens is 520 g/mol. The summed E-state index contributed by atoms with van der Waals surface area (Å²) in [7, 11) is 0. The molecule has 0 aliphatic heterocycles. The van der Waals surface area contributed by atoms with Gasteiger partial charge < -0.3 is 4.42 Å². The van der Waals surface area contributed by atoms with E-state index in [1.165, 1.54) is 71.4 Å². The molecule has 1 nitrogen and oxygen atoms in total. The summed E-state index contributed by atoms with van der Waals surface area (Å²) in [6.45, 7) is 0. The molecule has 43 heavy (non-hydrogen) atoms. The van der Waals surface area contributed by atoms with Crippen LogP contribution in [0, 0.1) is 0 Å². The molecule has 0 saturated heterocycles. The van der Waals surface area contributed by atoms with Crippen molar-refractivity contribution in [3.8, 4) is 44.5 Å². The van der Waals surface area contributed by atoms with E-state index in [-0.39, 0.29) is 0 Å². The van der Waals surface area contributed by atoms with Crippen molar-refractivity contribution in [3.05, 3.63) is 146 Å². The lowest BCUT2D eigenvalue weighted by Crippen LogP contribution is -1.84. The second-order valence-corrected chi connectivity index (χ2v) is 11.7. The van der Waals surface area contributed by atoms with Crippen LogP contribution < -0.4 is 0 Å². The molecule has 1 heterocycles. The van der Waals surface area contributed by atoms with Gasteiger partial charge in [0.15, 0.2) is 0 Å². The van der Waals surface area contributed by atoms with Crippen molar-refractivity contribution in [2.24, 2.45) is 0 Å². The Labute approximate surface area is 248 Å². The van der Waals surface area contributed by atoms with Crippen LogP contribution in [0.2, 0.25) is 0 Å². The Kier molecular flexibility index (Phi) is 4.51. The largest absolute Gasteiger partial charge is 0.455 e. The van der Waals surface area contributed by atoms with E-state index in [0.29, 0.717) is 0 Å². The first-order chi connectivity index (χ1) is 21.3. The molecule has 0 bridgehead atoms. The Morgan fingerprint density at radius 3 is 1.79 bits per heavy atom. The van der Waals surface area contributed by atoms with Gasteiger partial charge in [-0.3, -0.25) is 0 Å². The fourth-order valence-electron chi connectivity index (χ4n) is 7.32. The summed E-state index contributed by atoms with van der Waals surface area (Å²) < 4.78 is 6.34. The first kappa shape index (κ1) is 23.0. The molecule has 0 N–H and O–H groups in total. The first-order valence-corrected chi connectivity index (χ1v) is 14.8. The maximum atomic E-state index is 6.34. The van der Waals surface area contributed by atoms with Crippen LogP contribution in [0.4, 0.5) is 0 Å². The van der Waals surface area contributed by atoms with Gasteiger partial charge >= 0.3 is 0 Å². The normalized spacial score (nSPS) is 12.2.